The number of likely N-dealkylation sites (N-methyl/N-ethyl adjacent to an activating group) is 1. The maximum atomic E-state index is 12.1. The molecule has 24 heavy (non-hydrogen) atoms. The number of anilines is 1. The van der Waals surface area contributed by atoms with Crippen LogP contribution in [0.25, 0.3) is 0 Å². The second kappa shape index (κ2) is 8.29. The van der Waals surface area contributed by atoms with Gasteiger partial charge in [0.05, 0.1) is 16.6 Å². The van der Waals surface area contributed by atoms with Crippen molar-refractivity contribution in [2.45, 2.75) is 13.5 Å². The van der Waals surface area contributed by atoms with Crippen molar-refractivity contribution in [3.8, 4) is 0 Å². The van der Waals surface area contributed by atoms with Crippen LogP contribution >= 0.6 is 23.2 Å². The minimum Gasteiger partial charge on any atom is -0.325 e. The van der Waals surface area contributed by atoms with Gasteiger partial charge in [0.2, 0.25) is 5.91 Å². The molecular formula is C18H18Cl2N2O2. The van der Waals surface area contributed by atoms with E-state index in [1.807, 2.05) is 24.1 Å². The molecule has 0 saturated carbocycles. The third-order valence-corrected chi connectivity index (χ3v) is 4.30. The van der Waals surface area contributed by atoms with E-state index in [-0.39, 0.29) is 18.2 Å². The summed E-state index contributed by atoms with van der Waals surface area (Å²) in [5.41, 5.74) is 2.02. The van der Waals surface area contributed by atoms with Gasteiger partial charge < -0.3 is 5.32 Å². The number of amides is 1. The number of hydrogen-bond donors (Lipinski definition) is 1. The molecule has 2 rings (SSSR count). The van der Waals surface area contributed by atoms with E-state index in [0.29, 0.717) is 27.8 Å². The Kier molecular flexibility index (Phi) is 6.37. The average molecular weight is 365 g/mol. The molecule has 0 spiro atoms. The number of nitrogens with one attached hydrogen (secondary N) is 1. The van der Waals surface area contributed by atoms with Crippen molar-refractivity contribution < 1.29 is 9.59 Å². The predicted octanol–water partition coefficient (Wildman–Crippen LogP) is 4.27. The summed E-state index contributed by atoms with van der Waals surface area (Å²) in [6.07, 6.45) is 0. The Bertz CT molecular complexity index is 762. The monoisotopic (exact) mass is 364 g/mol. The third kappa shape index (κ3) is 5.06. The van der Waals surface area contributed by atoms with Crippen LogP contribution < -0.4 is 5.32 Å². The highest BCUT2D eigenvalue weighted by Crippen LogP contribution is 2.26. The molecule has 0 aliphatic heterocycles. The molecule has 4 nitrogen and oxygen atoms in total. The lowest BCUT2D eigenvalue weighted by molar-refractivity contribution is -0.117. The number of Topliss-reactive ketones (excluding diaryl/α,β-unsaturated/α-hetero) is 1. The Balaban J connectivity index is 1.95. The first kappa shape index (κ1) is 18.5. The van der Waals surface area contributed by atoms with E-state index >= 15 is 0 Å². The van der Waals surface area contributed by atoms with E-state index in [4.69, 9.17) is 23.2 Å². The summed E-state index contributed by atoms with van der Waals surface area (Å²) in [6.45, 7) is 2.18. The van der Waals surface area contributed by atoms with Gasteiger partial charge in [-0.05, 0) is 37.7 Å². The van der Waals surface area contributed by atoms with Gasteiger partial charge in [0.15, 0.2) is 5.78 Å². The van der Waals surface area contributed by atoms with E-state index in [0.717, 1.165) is 5.56 Å². The fraction of sp³-hybridized carbons (Fsp3) is 0.222. The lowest BCUT2D eigenvalue weighted by Crippen LogP contribution is -2.30. The molecule has 0 bridgehead atoms. The van der Waals surface area contributed by atoms with E-state index in [1.54, 1.807) is 30.3 Å². The van der Waals surface area contributed by atoms with Gasteiger partial charge in [-0.25, -0.2) is 0 Å². The molecule has 0 atom stereocenters. The topological polar surface area (TPSA) is 49.4 Å². The van der Waals surface area contributed by atoms with Crippen LogP contribution in [0.2, 0.25) is 10.0 Å². The molecule has 0 heterocycles. The van der Waals surface area contributed by atoms with Crippen LogP contribution in [0, 0.1) is 0 Å². The zero-order valence-corrected chi connectivity index (χ0v) is 15.0. The summed E-state index contributed by atoms with van der Waals surface area (Å²) in [5, 5.41) is 3.78. The van der Waals surface area contributed by atoms with Crippen molar-refractivity contribution in [3.05, 3.63) is 63.6 Å². The van der Waals surface area contributed by atoms with Crippen molar-refractivity contribution in [2.75, 3.05) is 18.9 Å². The fourth-order valence-corrected chi connectivity index (χ4v) is 2.66. The molecule has 126 valence electrons. The first-order valence-electron chi connectivity index (χ1n) is 7.39. The molecule has 1 N–H and O–H groups in total. The zero-order chi connectivity index (χ0) is 17.7. The van der Waals surface area contributed by atoms with Crippen LogP contribution in [0.1, 0.15) is 22.8 Å². The van der Waals surface area contributed by atoms with E-state index in [9.17, 15) is 9.59 Å². The number of carbonyl (C=O) groups is 2. The summed E-state index contributed by atoms with van der Waals surface area (Å²) in [6, 6.07) is 12.3. The Hall–Kier alpha value is -1.88. The van der Waals surface area contributed by atoms with Crippen molar-refractivity contribution in [1.29, 1.82) is 0 Å². The molecule has 6 heteroatoms. The molecule has 0 aromatic heterocycles. The van der Waals surface area contributed by atoms with Crippen LogP contribution in [0.5, 0.6) is 0 Å². The lowest BCUT2D eigenvalue weighted by atomic mass is 10.1. The summed E-state index contributed by atoms with van der Waals surface area (Å²) in [4.78, 5) is 25.4. The Morgan fingerprint density at radius 3 is 2.54 bits per heavy atom. The van der Waals surface area contributed by atoms with Gasteiger partial charge in [0.1, 0.15) is 0 Å². The maximum absolute atomic E-state index is 12.1. The smallest absolute Gasteiger partial charge is 0.238 e. The maximum Gasteiger partial charge on any atom is 0.238 e. The van der Waals surface area contributed by atoms with Gasteiger partial charge in [-0.1, -0.05) is 47.5 Å². The number of rotatable bonds is 6. The van der Waals surface area contributed by atoms with Gasteiger partial charge in [-0.3, -0.25) is 14.5 Å². The van der Waals surface area contributed by atoms with Crippen LogP contribution in [-0.4, -0.2) is 30.2 Å². The van der Waals surface area contributed by atoms with Gasteiger partial charge in [0.25, 0.3) is 0 Å². The highest BCUT2D eigenvalue weighted by molar-refractivity contribution is 6.42. The first-order chi connectivity index (χ1) is 11.4. The molecule has 0 aliphatic rings. The molecule has 1 amide bonds. The molecule has 0 saturated heterocycles. The van der Waals surface area contributed by atoms with Crippen molar-refractivity contribution in [1.82, 2.24) is 4.90 Å². The molecule has 2 aromatic rings. The van der Waals surface area contributed by atoms with Crippen molar-refractivity contribution in [3.63, 3.8) is 0 Å². The predicted molar refractivity (Wildman–Crippen MR) is 97.9 cm³/mol. The summed E-state index contributed by atoms with van der Waals surface area (Å²) >= 11 is 12.2. The molecular weight excluding hydrogens is 347 g/mol. The standard InChI is InChI=1S/C18H18Cl2N2O2/c1-12(23)13-5-3-7-15(9-13)21-17(24)11-22(2)10-14-6-4-8-16(19)18(14)20/h3-9H,10-11H2,1-2H3,(H,21,24). The van der Waals surface area contributed by atoms with Crippen LogP contribution in [-0.2, 0) is 11.3 Å². The highest BCUT2D eigenvalue weighted by atomic mass is 35.5. The number of carbonyl (C=O) groups excluding carboxylic acids is 2. The minimum absolute atomic E-state index is 0.0428. The zero-order valence-electron chi connectivity index (χ0n) is 13.5. The quantitative estimate of drug-likeness (QED) is 0.778. The van der Waals surface area contributed by atoms with Crippen LogP contribution in [0.4, 0.5) is 5.69 Å². The van der Waals surface area contributed by atoms with Gasteiger partial charge in [-0.15, -0.1) is 0 Å². The lowest BCUT2D eigenvalue weighted by Gasteiger charge is -2.17. The van der Waals surface area contributed by atoms with E-state index in [2.05, 4.69) is 5.32 Å². The SMILES string of the molecule is CC(=O)c1cccc(NC(=O)CN(C)Cc2cccc(Cl)c2Cl)c1. The number of halogens is 2. The average Bonchev–Trinajstić information content (AvgIpc) is 2.51. The summed E-state index contributed by atoms with van der Waals surface area (Å²) in [5.74, 6) is -0.213. The largest absolute Gasteiger partial charge is 0.325 e. The fourth-order valence-electron chi connectivity index (χ4n) is 2.28. The Morgan fingerprint density at radius 1 is 1.12 bits per heavy atom. The third-order valence-electron chi connectivity index (χ3n) is 3.44. The molecule has 0 fully saturated rings. The van der Waals surface area contributed by atoms with Gasteiger partial charge in [-0.2, -0.15) is 0 Å². The normalized spacial score (nSPS) is 10.7. The van der Waals surface area contributed by atoms with Gasteiger partial charge >= 0.3 is 0 Å². The summed E-state index contributed by atoms with van der Waals surface area (Å²) in [7, 11) is 1.82. The Morgan fingerprint density at radius 2 is 1.83 bits per heavy atom. The number of ketones is 1. The second-order valence-electron chi connectivity index (χ2n) is 5.57. The van der Waals surface area contributed by atoms with E-state index < -0.39 is 0 Å². The summed E-state index contributed by atoms with van der Waals surface area (Å²) < 4.78 is 0. The van der Waals surface area contributed by atoms with Crippen molar-refractivity contribution >= 4 is 40.6 Å². The number of nitrogens with zero attached hydrogens (tertiary/aromatic N) is 1. The van der Waals surface area contributed by atoms with Gasteiger partial charge in [0, 0.05) is 17.8 Å². The number of hydrogen-bond acceptors (Lipinski definition) is 3. The van der Waals surface area contributed by atoms with Crippen LogP contribution in [0.15, 0.2) is 42.5 Å². The van der Waals surface area contributed by atoms with E-state index in [1.165, 1.54) is 6.92 Å². The Labute approximate surface area is 151 Å². The van der Waals surface area contributed by atoms with Crippen molar-refractivity contribution in [2.24, 2.45) is 0 Å². The minimum atomic E-state index is -0.170. The molecule has 0 unspecified atom stereocenters. The first-order valence-corrected chi connectivity index (χ1v) is 8.14. The molecule has 2 aromatic carbocycles. The molecule has 0 aliphatic carbocycles. The second-order valence-corrected chi connectivity index (χ2v) is 6.36. The highest BCUT2D eigenvalue weighted by Gasteiger charge is 2.11. The number of benzene rings is 2. The molecule has 0 radical (unpaired) electrons. The van der Waals surface area contributed by atoms with Crippen LogP contribution in [0.3, 0.4) is 0 Å².